The SMILES string of the molecule is Cc1cnc(N)c(-c2nc3cnccc3o2)n1. The molecule has 0 fully saturated rings. The van der Waals surface area contributed by atoms with Gasteiger partial charge in [-0.1, -0.05) is 0 Å². The van der Waals surface area contributed by atoms with Crippen molar-refractivity contribution in [3.8, 4) is 11.6 Å². The van der Waals surface area contributed by atoms with E-state index in [4.69, 9.17) is 10.2 Å². The van der Waals surface area contributed by atoms with E-state index in [-0.39, 0.29) is 0 Å². The van der Waals surface area contributed by atoms with Crippen LogP contribution in [0.1, 0.15) is 5.69 Å². The molecule has 84 valence electrons. The number of aromatic nitrogens is 4. The Balaban J connectivity index is 2.23. The molecule has 0 saturated heterocycles. The number of nitrogens with two attached hydrogens (primary N) is 1. The summed E-state index contributed by atoms with van der Waals surface area (Å²) in [6, 6.07) is 1.74. The van der Waals surface area contributed by atoms with Crippen molar-refractivity contribution in [3.05, 3.63) is 30.4 Å². The Morgan fingerprint density at radius 3 is 2.94 bits per heavy atom. The molecule has 6 nitrogen and oxygen atoms in total. The van der Waals surface area contributed by atoms with Gasteiger partial charge in [0, 0.05) is 12.3 Å². The Morgan fingerprint density at radius 2 is 2.12 bits per heavy atom. The van der Waals surface area contributed by atoms with Gasteiger partial charge in [-0.3, -0.25) is 4.98 Å². The topological polar surface area (TPSA) is 90.7 Å². The Labute approximate surface area is 96.5 Å². The summed E-state index contributed by atoms with van der Waals surface area (Å²) in [7, 11) is 0. The lowest BCUT2D eigenvalue weighted by molar-refractivity contribution is 0.616. The van der Waals surface area contributed by atoms with Crippen LogP contribution in [0.5, 0.6) is 0 Å². The number of hydrogen-bond donors (Lipinski definition) is 1. The van der Waals surface area contributed by atoms with Crippen molar-refractivity contribution in [1.82, 2.24) is 19.9 Å². The standard InChI is InChI=1S/C11H9N5O/c1-6-4-14-10(12)9(15-6)11-16-7-5-13-3-2-8(7)17-11/h2-5H,1H3,(H2,12,14). The lowest BCUT2D eigenvalue weighted by atomic mass is 10.4. The molecule has 0 unspecified atom stereocenters. The third kappa shape index (κ3) is 1.59. The van der Waals surface area contributed by atoms with Crippen LogP contribution >= 0.6 is 0 Å². The van der Waals surface area contributed by atoms with Crippen molar-refractivity contribution in [2.75, 3.05) is 5.73 Å². The van der Waals surface area contributed by atoms with Crippen molar-refractivity contribution in [3.63, 3.8) is 0 Å². The first-order valence-corrected chi connectivity index (χ1v) is 5.04. The number of nitrogens with zero attached hydrogens (tertiary/aromatic N) is 4. The van der Waals surface area contributed by atoms with Gasteiger partial charge in [0.25, 0.3) is 0 Å². The van der Waals surface area contributed by atoms with Crippen molar-refractivity contribution >= 4 is 16.9 Å². The van der Waals surface area contributed by atoms with Gasteiger partial charge in [0.1, 0.15) is 5.52 Å². The monoisotopic (exact) mass is 227 g/mol. The third-order valence-electron chi connectivity index (χ3n) is 2.31. The molecule has 0 aliphatic carbocycles. The average Bonchev–Trinajstić information content (AvgIpc) is 2.75. The molecular weight excluding hydrogens is 218 g/mol. The second-order valence-electron chi connectivity index (χ2n) is 3.61. The first kappa shape index (κ1) is 9.71. The quantitative estimate of drug-likeness (QED) is 0.678. The van der Waals surface area contributed by atoms with Crippen molar-refractivity contribution < 1.29 is 4.42 Å². The summed E-state index contributed by atoms with van der Waals surface area (Å²) in [6.45, 7) is 1.83. The average molecular weight is 227 g/mol. The van der Waals surface area contributed by atoms with Crippen molar-refractivity contribution in [2.45, 2.75) is 6.92 Å². The number of aryl methyl sites for hydroxylation is 1. The molecule has 3 heterocycles. The van der Waals surface area contributed by atoms with E-state index in [0.29, 0.717) is 28.5 Å². The highest BCUT2D eigenvalue weighted by Gasteiger charge is 2.13. The number of oxazole rings is 1. The Morgan fingerprint density at radius 1 is 1.24 bits per heavy atom. The number of fused-ring (bicyclic) bond motifs is 1. The predicted octanol–water partition coefficient (Wildman–Crippen LogP) is 1.57. The van der Waals surface area contributed by atoms with E-state index in [1.165, 1.54) is 0 Å². The molecule has 0 aliphatic heterocycles. The zero-order chi connectivity index (χ0) is 11.8. The highest BCUT2D eigenvalue weighted by molar-refractivity contribution is 5.76. The first-order chi connectivity index (χ1) is 8.24. The smallest absolute Gasteiger partial charge is 0.250 e. The fourth-order valence-corrected chi connectivity index (χ4v) is 1.53. The van der Waals surface area contributed by atoms with E-state index >= 15 is 0 Å². The molecule has 0 aliphatic rings. The van der Waals surface area contributed by atoms with Crippen LogP contribution in [0.25, 0.3) is 22.7 Å². The van der Waals surface area contributed by atoms with Crippen LogP contribution < -0.4 is 5.73 Å². The van der Waals surface area contributed by atoms with E-state index in [1.54, 1.807) is 24.7 Å². The predicted molar refractivity (Wildman–Crippen MR) is 62.0 cm³/mol. The first-order valence-electron chi connectivity index (χ1n) is 5.04. The number of nitrogen functional groups attached to an aromatic ring is 1. The minimum Gasteiger partial charge on any atom is -0.434 e. The third-order valence-corrected chi connectivity index (χ3v) is 2.31. The summed E-state index contributed by atoms with van der Waals surface area (Å²) in [5, 5.41) is 0. The second-order valence-corrected chi connectivity index (χ2v) is 3.61. The minimum atomic E-state index is 0.301. The van der Waals surface area contributed by atoms with Crippen LogP contribution in [0, 0.1) is 6.92 Å². The summed E-state index contributed by atoms with van der Waals surface area (Å²) in [6.07, 6.45) is 4.87. The zero-order valence-electron chi connectivity index (χ0n) is 9.08. The number of hydrogen-bond acceptors (Lipinski definition) is 6. The Kier molecular flexibility index (Phi) is 2.01. The largest absolute Gasteiger partial charge is 0.434 e. The number of pyridine rings is 1. The van der Waals surface area contributed by atoms with E-state index in [9.17, 15) is 0 Å². The van der Waals surface area contributed by atoms with E-state index in [0.717, 1.165) is 5.69 Å². The Hall–Kier alpha value is -2.50. The van der Waals surface area contributed by atoms with Crippen LogP contribution in [-0.2, 0) is 0 Å². The van der Waals surface area contributed by atoms with Crippen LogP contribution in [0.3, 0.4) is 0 Å². The lowest BCUT2D eigenvalue weighted by Crippen LogP contribution is -1.98. The molecule has 2 N–H and O–H groups in total. The zero-order valence-corrected chi connectivity index (χ0v) is 9.08. The van der Waals surface area contributed by atoms with Crippen molar-refractivity contribution in [1.29, 1.82) is 0 Å². The summed E-state index contributed by atoms with van der Waals surface area (Å²) in [4.78, 5) is 16.5. The van der Waals surface area contributed by atoms with Gasteiger partial charge in [0.15, 0.2) is 17.1 Å². The summed E-state index contributed by atoms with van der Waals surface area (Å²) in [5.74, 6) is 0.664. The molecule has 3 aromatic rings. The van der Waals surface area contributed by atoms with Gasteiger partial charge in [-0.2, -0.15) is 0 Å². The maximum absolute atomic E-state index is 5.75. The van der Waals surface area contributed by atoms with Gasteiger partial charge < -0.3 is 10.2 Å². The van der Waals surface area contributed by atoms with Gasteiger partial charge in [-0.15, -0.1) is 0 Å². The molecule has 6 heteroatoms. The van der Waals surface area contributed by atoms with Gasteiger partial charge in [-0.25, -0.2) is 15.0 Å². The van der Waals surface area contributed by atoms with Gasteiger partial charge in [0.2, 0.25) is 5.89 Å². The van der Waals surface area contributed by atoms with Gasteiger partial charge >= 0.3 is 0 Å². The van der Waals surface area contributed by atoms with E-state index in [2.05, 4.69) is 19.9 Å². The maximum atomic E-state index is 5.75. The lowest BCUT2D eigenvalue weighted by Gasteiger charge is -1.99. The number of anilines is 1. The molecule has 3 rings (SSSR count). The summed E-state index contributed by atoms with van der Waals surface area (Å²) < 4.78 is 5.56. The second kappa shape index (κ2) is 3.51. The molecule has 0 saturated carbocycles. The van der Waals surface area contributed by atoms with Crippen molar-refractivity contribution in [2.24, 2.45) is 0 Å². The molecule has 17 heavy (non-hydrogen) atoms. The molecular formula is C11H9N5O. The highest BCUT2D eigenvalue weighted by atomic mass is 16.3. The van der Waals surface area contributed by atoms with Gasteiger partial charge in [0.05, 0.1) is 18.1 Å². The molecule has 0 atom stereocenters. The van der Waals surface area contributed by atoms with Crippen LogP contribution in [0.4, 0.5) is 5.82 Å². The maximum Gasteiger partial charge on any atom is 0.250 e. The molecule has 0 spiro atoms. The molecule has 3 aromatic heterocycles. The number of rotatable bonds is 1. The molecule has 0 bridgehead atoms. The summed E-state index contributed by atoms with van der Waals surface area (Å²) >= 11 is 0. The normalized spacial score (nSPS) is 10.9. The van der Waals surface area contributed by atoms with E-state index in [1.807, 2.05) is 6.92 Å². The highest BCUT2D eigenvalue weighted by Crippen LogP contribution is 2.25. The summed E-state index contributed by atoms with van der Waals surface area (Å²) in [5.41, 5.74) is 8.29. The fourth-order valence-electron chi connectivity index (χ4n) is 1.53. The minimum absolute atomic E-state index is 0.301. The molecule has 0 radical (unpaired) electrons. The van der Waals surface area contributed by atoms with E-state index < -0.39 is 0 Å². The van der Waals surface area contributed by atoms with Crippen LogP contribution in [0.2, 0.25) is 0 Å². The van der Waals surface area contributed by atoms with Crippen LogP contribution in [0.15, 0.2) is 29.1 Å². The Bertz CT molecular complexity index is 658. The fraction of sp³-hybridized carbons (Fsp3) is 0.0909. The van der Waals surface area contributed by atoms with Gasteiger partial charge in [-0.05, 0) is 6.92 Å². The molecule has 0 amide bonds. The molecule has 0 aromatic carbocycles. The van der Waals surface area contributed by atoms with Crippen LogP contribution in [-0.4, -0.2) is 19.9 Å².